The number of benzene rings is 18. The highest BCUT2D eigenvalue weighted by molar-refractivity contribution is 6.29. The highest BCUT2D eigenvalue weighted by Crippen LogP contribution is 2.48. The first-order valence-electron chi connectivity index (χ1n) is 46.3. The van der Waals surface area contributed by atoms with Gasteiger partial charge in [-0.15, -0.1) is 0 Å². The molecule has 13 heteroatoms. The van der Waals surface area contributed by atoms with Crippen LogP contribution in [0.1, 0.15) is 0 Å². The molecule has 0 N–H and O–H groups in total. The fourth-order valence-electron chi connectivity index (χ4n) is 21.4. The molecule has 0 atom stereocenters. The molecule has 0 aliphatic rings. The normalized spacial score (nSPS) is 11.8. The van der Waals surface area contributed by atoms with Gasteiger partial charge in [-0.2, -0.15) is 0 Å². The van der Waals surface area contributed by atoms with Gasteiger partial charge >= 0.3 is 0 Å². The summed E-state index contributed by atoms with van der Waals surface area (Å²) in [6.07, 6.45) is 0. The molecule has 11 heterocycles. The number of pyridine rings is 3. The first-order valence-corrected chi connectivity index (χ1v) is 46.3. The van der Waals surface area contributed by atoms with E-state index in [0.29, 0.717) is 23.2 Å². The molecule has 640 valence electrons. The lowest BCUT2D eigenvalue weighted by Crippen LogP contribution is -2.03. The molecule has 137 heavy (non-hydrogen) atoms. The highest BCUT2D eigenvalue weighted by Gasteiger charge is 2.28. The van der Waals surface area contributed by atoms with E-state index in [9.17, 15) is 0 Å². The lowest BCUT2D eigenvalue weighted by atomic mass is 10.0. The zero-order chi connectivity index (χ0) is 90.1. The maximum Gasteiger partial charge on any atom is 0.182 e. The van der Waals surface area contributed by atoms with Crippen molar-refractivity contribution in [2.75, 3.05) is 0 Å². The van der Waals surface area contributed by atoms with Gasteiger partial charge in [-0.3, -0.25) is 18.3 Å². The van der Waals surface area contributed by atoms with E-state index in [4.69, 9.17) is 29.9 Å². The molecular weight excluding hydrogens is 1670 g/mol. The van der Waals surface area contributed by atoms with Crippen molar-refractivity contribution in [2.45, 2.75) is 0 Å². The van der Waals surface area contributed by atoms with Crippen molar-refractivity contribution in [2.24, 2.45) is 0 Å². The van der Waals surface area contributed by atoms with E-state index in [1.54, 1.807) is 0 Å². The minimum atomic E-state index is 0.520. The van der Waals surface area contributed by atoms with E-state index in [1.165, 1.54) is 119 Å². The van der Waals surface area contributed by atoms with E-state index < -0.39 is 0 Å². The predicted molar refractivity (Wildman–Crippen MR) is 566 cm³/mol. The highest BCUT2D eigenvalue weighted by atomic mass is 15.2. The Balaban J connectivity index is 0.000000104. The fraction of sp³-hybridized carbons (Fsp3) is 0. The lowest BCUT2D eigenvalue weighted by molar-refractivity contribution is 1.02. The summed E-state index contributed by atoms with van der Waals surface area (Å²) in [5.74, 6) is 5.23. The molecule has 29 aromatic rings. The summed E-state index contributed by atoms with van der Waals surface area (Å²) in [5, 5.41) is 19.4. The van der Waals surface area contributed by atoms with Crippen LogP contribution in [0.4, 0.5) is 0 Å². The summed E-state index contributed by atoms with van der Waals surface area (Å²) < 4.78 is 16.4. The van der Waals surface area contributed by atoms with E-state index in [2.05, 4.69) is 438 Å². The van der Waals surface area contributed by atoms with Gasteiger partial charge in [0.05, 0.1) is 82.9 Å². The summed E-state index contributed by atoms with van der Waals surface area (Å²) >= 11 is 0. The van der Waals surface area contributed by atoms with Crippen LogP contribution >= 0.6 is 0 Å². The average Bonchev–Trinajstić information content (AvgIpc) is 1.55. The van der Waals surface area contributed by atoms with Crippen LogP contribution in [0.2, 0.25) is 0 Å². The Morgan fingerprint density at radius 3 is 0.788 bits per heavy atom. The van der Waals surface area contributed by atoms with Crippen LogP contribution in [0.3, 0.4) is 0 Å². The maximum atomic E-state index is 5.43. The number of nitrogens with zero attached hydrogens (tertiary/aromatic N) is 13. The van der Waals surface area contributed by atoms with Gasteiger partial charge in [0.1, 0.15) is 29.0 Å². The number of aromatic nitrogens is 13. The molecule has 13 nitrogen and oxygen atoms in total. The summed E-state index contributed by atoms with van der Waals surface area (Å²) in [6, 6.07) is 169. The number of hydrogen-bond acceptors (Lipinski definition) is 6. The molecule has 29 rings (SSSR count). The minimum Gasteiger partial charge on any atom is -0.309 e. The smallest absolute Gasteiger partial charge is 0.182 e. The summed E-state index contributed by atoms with van der Waals surface area (Å²) in [4.78, 5) is 30.9. The Bertz CT molecular complexity index is 9760. The van der Waals surface area contributed by atoms with Gasteiger partial charge in [0, 0.05) is 109 Å². The monoisotopic (exact) mass is 1750 g/mol. The van der Waals surface area contributed by atoms with Gasteiger partial charge in [-0.1, -0.05) is 340 Å². The largest absolute Gasteiger partial charge is 0.309 e. The zero-order valence-corrected chi connectivity index (χ0v) is 73.9. The topological polar surface area (TPSA) is 112 Å². The molecule has 0 fully saturated rings. The van der Waals surface area contributed by atoms with E-state index in [-0.39, 0.29) is 0 Å². The van der Waals surface area contributed by atoms with Gasteiger partial charge in [-0.25, -0.2) is 29.9 Å². The van der Waals surface area contributed by atoms with Crippen molar-refractivity contribution in [3.63, 3.8) is 0 Å². The van der Waals surface area contributed by atoms with E-state index in [1.807, 2.05) is 72.8 Å². The number of para-hydroxylation sites is 11. The van der Waals surface area contributed by atoms with Crippen molar-refractivity contribution < 1.29 is 0 Å². The molecule has 0 spiro atoms. The third-order valence-electron chi connectivity index (χ3n) is 27.1. The van der Waals surface area contributed by atoms with Crippen molar-refractivity contribution in [1.29, 1.82) is 0 Å². The second-order valence-corrected chi connectivity index (χ2v) is 34.7. The Hall–Kier alpha value is -18.7. The quantitative estimate of drug-likeness (QED) is 0.128. The predicted octanol–water partition coefficient (Wildman–Crippen LogP) is 30.9. The van der Waals surface area contributed by atoms with Crippen molar-refractivity contribution in [1.82, 2.24) is 61.9 Å². The van der Waals surface area contributed by atoms with Gasteiger partial charge in [-0.05, 0) is 150 Å². The molecule has 0 unspecified atom stereocenters. The minimum absolute atomic E-state index is 0.520. The van der Waals surface area contributed by atoms with Gasteiger partial charge in [0.2, 0.25) is 0 Å². The second-order valence-electron chi connectivity index (χ2n) is 34.7. The van der Waals surface area contributed by atoms with Crippen LogP contribution in [-0.2, 0) is 0 Å². The van der Waals surface area contributed by atoms with Gasteiger partial charge in [0.15, 0.2) is 17.5 Å². The third-order valence-corrected chi connectivity index (χ3v) is 27.1. The Labute approximate surface area is 785 Å². The molecule has 0 radical (unpaired) electrons. The molecule has 0 aliphatic carbocycles. The summed E-state index contributed by atoms with van der Waals surface area (Å²) in [5.41, 5.74) is 24.2. The van der Waals surface area contributed by atoms with Crippen LogP contribution in [-0.4, -0.2) is 61.9 Å². The standard InChI is InChI=1S/C44H28N6.C41H26N4.C39H25N3/c1-4-15-29(16-5-1)42-46-43(30-17-6-2-7-18-30)48-44(47-42)35-23-14-26-39(45-35)50-36-24-12-10-21-32(36)33-27-28-38-40(41(33)50)34-22-11-13-25-37(34)49(38)31-19-8-3-9-20-31;1-2-13-27(14-3-1)43-36-22-11-7-18-32(36)40-37(43)26-25-31-30-17-6-10-21-35(30)45(41(31)40)39-24-12-23-38(42-39)44-33-19-8-4-15-28(33)29-16-5-9-20-34(29)44;1-2-14-27(15-3-1)41-35-22-9-7-18-32(35)38-36(41)25-24-31-30-17-6-8-21-34(30)42(39(31)38)37-23-11-20-33(40-37)29-19-10-13-26-12-4-5-16-28(26)29/h1-28H;1-26H;1-25H. The molecule has 0 bridgehead atoms. The van der Waals surface area contributed by atoms with Gasteiger partial charge in [0.25, 0.3) is 0 Å². The number of hydrogen-bond donors (Lipinski definition) is 0. The van der Waals surface area contributed by atoms with Gasteiger partial charge < -0.3 is 13.7 Å². The lowest BCUT2D eigenvalue weighted by Gasteiger charge is -2.12. The molecule has 18 aromatic carbocycles. The van der Waals surface area contributed by atoms with Crippen molar-refractivity contribution in [3.05, 3.63) is 479 Å². The SMILES string of the molecule is c1ccc(-c2nc(-c3ccccc3)nc(-c3cccc(-n4c5ccccc5c5ccc6c(c7ccccc7n6-c6ccccc6)c54)n3)n2)cc1.c1ccc(-n2c3ccccc3c3c2ccc2c4ccccc4n(-c4cccc(-c5cccc6ccccc56)n4)c23)cc1.c1ccc(-n2c3ccccc3c3c2ccc2c4ccccc4n(-c4cccc(-n5c6ccccc6c6ccccc65)n4)c23)cc1. The zero-order valence-electron chi connectivity index (χ0n) is 73.9. The molecule has 0 amide bonds. The van der Waals surface area contributed by atoms with Crippen LogP contribution in [0.25, 0.3) is 249 Å². The van der Waals surface area contributed by atoms with E-state index in [0.717, 1.165) is 107 Å². The van der Waals surface area contributed by atoms with E-state index >= 15 is 0 Å². The van der Waals surface area contributed by atoms with Crippen LogP contribution in [0.5, 0.6) is 0 Å². The molecule has 0 saturated carbocycles. The fourth-order valence-corrected chi connectivity index (χ4v) is 21.4. The molecule has 11 aromatic heterocycles. The van der Waals surface area contributed by atoms with Crippen LogP contribution < -0.4 is 0 Å². The average molecular weight is 1750 g/mol. The van der Waals surface area contributed by atoms with Crippen LogP contribution in [0.15, 0.2) is 479 Å². The third kappa shape index (κ3) is 12.6. The Morgan fingerprint density at radius 1 is 0.139 bits per heavy atom. The Morgan fingerprint density at radius 2 is 0.401 bits per heavy atom. The second kappa shape index (κ2) is 32.1. The molecule has 0 saturated heterocycles. The van der Waals surface area contributed by atoms with Crippen molar-refractivity contribution >= 4 is 163 Å². The number of rotatable bonds is 11. The first kappa shape index (κ1) is 78.2. The van der Waals surface area contributed by atoms with Crippen LogP contribution in [0, 0.1) is 0 Å². The maximum absolute atomic E-state index is 5.43. The van der Waals surface area contributed by atoms with Crippen molar-refractivity contribution in [3.8, 4) is 85.9 Å². The Kier molecular flexibility index (Phi) is 18.3. The number of fused-ring (bicyclic) bond motifs is 25. The first-order chi connectivity index (χ1) is 68.0. The molecule has 0 aliphatic heterocycles. The summed E-state index contributed by atoms with van der Waals surface area (Å²) in [6.45, 7) is 0. The summed E-state index contributed by atoms with van der Waals surface area (Å²) in [7, 11) is 0. The molecular formula is C124H79N13.